The van der Waals surface area contributed by atoms with Crippen LogP contribution in [0.25, 0.3) is 0 Å². The number of hydrogen-bond donors (Lipinski definition) is 4. The van der Waals surface area contributed by atoms with Gasteiger partial charge in [-0.3, -0.25) is 14.6 Å². The molecule has 1 aromatic carbocycles. The minimum Gasteiger partial charge on any atom is -0.463 e. The molecule has 0 spiro atoms. The van der Waals surface area contributed by atoms with Crippen LogP contribution in [-0.2, 0) is 14.3 Å². The lowest BCUT2D eigenvalue weighted by Crippen LogP contribution is -2.50. The van der Waals surface area contributed by atoms with Gasteiger partial charge in [-0.15, -0.1) is 0 Å². The maximum Gasteiger partial charge on any atom is 0.350 e. The number of aromatic nitrogens is 1. The molecule has 1 aromatic heterocycles. The number of ether oxygens (including phenoxy) is 2. The van der Waals surface area contributed by atoms with Gasteiger partial charge in [0.2, 0.25) is 5.78 Å². The van der Waals surface area contributed by atoms with Crippen LogP contribution in [0.5, 0.6) is 0 Å². The van der Waals surface area contributed by atoms with Crippen molar-refractivity contribution in [2.75, 3.05) is 32.5 Å². The van der Waals surface area contributed by atoms with Crippen LogP contribution in [0, 0.1) is 5.92 Å². The molecule has 0 radical (unpaired) electrons. The van der Waals surface area contributed by atoms with Gasteiger partial charge in [-0.05, 0) is 50.4 Å². The summed E-state index contributed by atoms with van der Waals surface area (Å²) in [6, 6.07) is 9.83. The summed E-state index contributed by atoms with van der Waals surface area (Å²) < 4.78 is 11.9. The first-order valence-corrected chi connectivity index (χ1v) is 15.8. The Hall–Kier alpha value is -4.09. The fraction of sp³-hybridized carbons (Fsp3) is 0.500. The zero-order valence-electron chi connectivity index (χ0n) is 26.7. The Morgan fingerprint density at radius 2 is 1.89 bits per heavy atom. The van der Waals surface area contributed by atoms with Gasteiger partial charge >= 0.3 is 5.97 Å². The monoisotopic (exact) mass is 618 g/mol. The summed E-state index contributed by atoms with van der Waals surface area (Å²) in [4.78, 5) is 49.8. The Morgan fingerprint density at radius 1 is 1.16 bits per heavy atom. The van der Waals surface area contributed by atoms with Crippen LogP contribution in [0.15, 0.2) is 59.2 Å². The van der Waals surface area contributed by atoms with Crippen molar-refractivity contribution in [3.63, 3.8) is 0 Å². The largest absolute Gasteiger partial charge is 0.463 e. The Kier molecular flexibility index (Phi) is 11.1. The molecule has 242 valence electrons. The van der Waals surface area contributed by atoms with Gasteiger partial charge in [-0.1, -0.05) is 62.6 Å². The fourth-order valence-electron chi connectivity index (χ4n) is 5.95. The third kappa shape index (κ3) is 7.10. The Bertz CT molecular complexity index is 1460. The van der Waals surface area contributed by atoms with E-state index in [1.54, 1.807) is 43.6 Å². The van der Waals surface area contributed by atoms with Crippen LogP contribution in [-0.4, -0.2) is 66.4 Å². The molecule has 4 rings (SSSR count). The third-order valence-corrected chi connectivity index (χ3v) is 8.56. The lowest BCUT2D eigenvalue weighted by molar-refractivity contribution is -0.149. The number of nitrogen functional groups attached to an aromatic ring is 1. The highest BCUT2D eigenvalue weighted by molar-refractivity contribution is 6.32. The number of carbonyl (C=O) groups is 3. The van der Waals surface area contributed by atoms with Gasteiger partial charge in [0.05, 0.1) is 12.6 Å². The summed E-state index contributed by atoms with van der Waals surface area (Å²) >= 11 is 0. The number of rotatable bonds is 16. The van der Waals surface area contributed by atoms with Crippen molar-refractivity contribution in [3.8, 4) is 0 Å². The second kappa shape index (κ2) is 14.8. The molecule has 0 saturated carbocycles. The van der Waals surface area contributed by atoms with Crippen molar-refractivity contribution in [1.29, 1.82) is 0 Å². The predicted octanol–water partition coefficient (Wildman–Crippen LogP) is 3.90. The number of hydrogen-bond acceptors (Lipinski definition) is 9. The molecule has 0 unspecified atom stereocenters. The number of nitrogens with zero attached hydrogens (tertiary/aromatic N) is 2. The summed E-state index contributed by atoms with van der Waals surface area (Å²) in [5.41, 5.74) is 10.4. The zero-order chi connectivity index (χ0) is 32.6. The van der Waals surface area contributed by atoms with E-state index in [4.69, 9.17) is 20.9 Å². The van der Waals surface area contributed by atoms with Crippen LogP contribution < -0.4 is 22.1 Å². The van der Waals surface area contributed by atoms with E-state index in [1.807, 2.05) is 19.1 Å². The predicted molar refractivity (Wildman–Crippen MR) is 174 cm³/mol. The zero-order valence-corrected chi connectivity index (χ0v) is 26.7. The molecular weight excluding hydrogens is 572 g/mol. The summed E-state index contributed by atoms with van der Waals surface area (Å²) in [6.07, 6.45) is 7.83. The van der Waals surface area contributed by atoms with Gasteiger partial charge in [0, 0.05) is 43.3 Å². The normalized spacial score (nSPS) is 22.3. The van der Waals surface area contributed by atoms with Gasteiger partial charge in [-0.2, -0.15) is 0 Å². The minimum absolute atomic E-state index is 0.0205. The van der Waals surface area contributed by atoms with Crippen LogP contribution in [0.3, 0.4) is 0 Å². The van der Waals surface area contributed by atoms with Gasteiger partial charge < -0.3 is 31.6 Å². The summed E-state index contributed by atoms with van der Waals surface area (Å²) in [5, 5.41) is 6.59. The highest BCUT2D eigenvalue weighted by Crippen LogP contribution is 2.58. The number of guanidine groups is 1. The van der Waals surface area contributed by atoms with E-state index >= 15 is 0 Å². The number of unbranched alkanes of at least 4 members (excludes halogenated alkanes) is 1. The molecule has 6 N–H and O–H groups in total. The highest BCUT2D eigenvalue weighted by atomic mass is 16.7. The van der Waals surface area contributed by atoms with E-state index in [-0.39, 0.29) is 42.1 Å². The molecule has 1 fully saturated rings. The standard InChI is InChI=1S/C34H46N6O5/c1-5-7-10-23(20-38-16-6-2)21-44-31(43)34-30(42)26-12-9-8-11-25(26)29(41)33(34,45-34)15-13-22(3)18-27(40-32(36)37-4)24-14-17-39-28(35)19-24/h8-9,11-14,17,19,23,27,38H,5-7,10,15-16,18,20-21H2,1-4H3,(H2,35,39)(H3,36,37,40)/b22-13+/t23-,27-,33+,34+/m1/s1. The number of esters is 1. The molecule has 4 atom stereocenters. The number of carbonyl (C=O) groups excluding carboxylic acids is 3. The third-order valence-electron chi connectivity index (χ3n) is 8.56. The van der Waals surface area contributed by atoms with E-state index in [1.165, 1.54) is 0 Å². The number of ketones is 2. The first-order valence-electron chi connectivity index (χ1n) is 15.8. The van der Waals surface area contributed by atoms with Crippen LogP contribution in [0.2, 0.25) is 0 Å². The van der Waals surface area contributed by atoms with Crippen molar-refractivity contribution in [2.24, 2.45) is 16.6 Å². The number of aliphatic imine (C=N–C) groups is 1. The number of fused-ring (bicyclic) bond motifs is 2. The van der Waals surface area contributed by atoms with E-state index in [0.29, 0.717) is 18.8 Å². The molecule has 2 aromatic rings. The molecule has 2 heterocycles. The van der Waals surface area contributed by atoms with Crippen molar-refractivity contribution in [3.05, 3.63) is 70.9 Å². The second-order valence-corrected chi connectivity index (χ2v) is 11.9. The van der Waals surface area contributed by atoms with Crippen molar-refractivity contribution in [2.45, 2.75) is 76.5 Å². The molecule has 11 heteroatoms. The van der Waals surface area contributed by atoms with Gasteiger partial charge in [-0.25, -0.2) is 9.78 Å². The number of pyridine rings is 1. The smallest absolute Gasteiger partial charge is 0.350 e. The molecule has 0 amide bonds. The number of benzene rings is 1. The van der Waals surface area contributed by atoms with Crippen molar-refractivity contribution >= 4 is 29.3 Å². The Labute approximate surface area is 265 Å². The van der Waals surface area contributed by atoms with Crippen LogP contribution >= 0.6 is 0 Å². The molecule has 45 heavy (non-hydrogen) atoms. The molecule has 11 nitrogen and oxygen atoms in total. The quantitative estimate of drug-likeness (QED) is 0.0411. The lowest BCUT2D eigenvalue weighted by atomic mass is 9.72. The van der Waals surface area contributed by atoms with E-state index in [0.717, 1.165) is 43.4 Å². The molecular formula is C34H46N6O5. The van der Waals surface area contributed by atoms with Crippen LogP contribution in [0.1, 0.15) is 91.6 Å². The minimum atomic E-state index is -2.02. The average molecular weight is 619 g/mol. The fourth-order valence-corrected chi connectivity index (χ4v) is 5.95. The average Bonchev–Trinajstić information content (AvgIpc) is 3.75. The SMILES string of the molecule is CCCC[C@H](CNCCC)COC(=O)[C@]12O[C@@]1(C/C=C(\C)C[C@@H](NC(N)=NC)c1ccnc(N)c1)C(=O)c1ccccc1C2=O. The number of Topliss-reactive ketones (excluding diaryl/α,β-unsaturated/α-hetero) is 2. The molecule has 1 aliphatic carbocycles. The van der Waals surface area contributed by atoms with E-state index in [2.05, 4.69) is 34.5 Å². The first kappa shape index (κ1) is 33.8. The van der Waals surface area contributed by atoms with Gasteiger partial charge in [0.25, 0.3) is 5.60 Å². The Balaban J connectivity index is 1.59. The number of nitrogens with two attached hydrogens (primary N) is 2. The topological polar surface area (TPSA) is 174 Å². The number of epoxide rings is 1. The number of nitrogens with one attached hydrogen (secondary N) is 2. The highest BCUT2D eigenvalue weighted by Gasteiger charge is 2.85. The maximum absolute atomic E-state index is 14.0. The summed E-state index contributed by atoms with van der Waals surface area (Å²) in [7, 11) is 1.59. The first-order chi connectivity index (χ1) is 21.6. The summed E-state index contributed by atoms with van der Waals surface area (Å²) in [5.74, 6) is -1.05. The molecule has 1 aliphatic heterocycles. The van der Waals surface area contributed by atoms with Crippen LogP contribution in [0.4, 0.5) is 5.82 Å². The lowest BCUT2D eigenvalue weighted by Gasteiger charge is -2.25. The summed E-state index contributed by atoms with van der Waals surface area (Å²) in [6.45, 7) is 7.82. The van der Waals surface area contributed by atoms with Crippen molar-refractivity contribution in [1.82, 2.24) is 15.6 Å². The van der Waals surface area contributed by atoms with E-state index in [9.17, 15) is 14.4 Å². The Morgan fingerprint density at radius 3 is 2.56 bits per heavy atom. The number of anilines is 1. The molecule has 0 bridgehead atoms. The van der Waals surface area contributed by atoms with E-state index < -0.39 is 28.7 Å². The van der Waals surface area contributed by atoms with Crippen molar-refractivity contribution < 1.29 is 23.9 Å². The maximum atomic E-state index is 14.0. The second-order valence-electron chi connectivity index (χ2n) is 11.9. The van der Waals surface area contributed by atoms with Gasteiger partial charge in [0.1, 0.15) is 5.82 Å². The van der Waals surface area contributed by atoms with Gasteiger partial charge in [0.15, 0.2) is 17.3 Å². The molecule has 2 aliphatic rings. The molecule has 1 saturated heterocycles.